The molecule has 0 aliphatic carbocycles. The molecule has 0 spiro atoms. The van der Waals surface area contributed by atoms with Gasteiger partial charge in [0.1, 0.15) is 11.6 Å². The maximum absolute atomic E-state index is 13.2. The third-order valence-electron chi connectivity index (χ3n) is 6.36. The Labute approximate surface area is 176 Å². The van der Waals surface area contributed by atoms with Gasteiger partial charge in [0.15, 0.2) is 5.65 Å². The number of sulfonamides is 1. The second kappa shape index (κ2) is 7.06. The molecule has 0 amide bonds. The monoisotopic (exact) mass is 426 g/mol. The van der Waals surface area contributed by atoms with Crippen molar-refractivity contribution in [3.05, 3.63) is 53.0 Å². The van der Waals surface area contributed by atoms with E-state index in [0.717, 1.165) is 35.6 Å². The van der Waals surface area contributed by atoms with Crippen molar-refractivity contribution in [3.63, 3.8) is 0 Å². The molecule has 1 aromatic carbocycles. The Morgan fingerprint density at radius 1 is 1.10 bits per heavy atom. The van der Waals surface area contributed by atoms with Gasteiger partial charge in [-0.2, -0.15) is 9.40 Å². The van der Waals surface area contributed by atoms with Gasteiger partial charge in [0, 0.05) is 30.8 Å². The minimum atomic E-state index is -3.50. The third-order valence-corrected chi connectivity index (χ3v) is 8.25. The molecule has 8 heteroatoms. The van der Waals surface area contributed by atoms with Crippen LogP contribution in [0.15, 0.2) is 35.4 Å². The first-order valence-electron chi connectivity index (χ1n) is 10.4. The molecule has 0 saturated carbocycles. The highest BCUT2D eigenvalue weighted by Gasteiger charge is 2.32. The molecule has 0 N–H and O–H groups in total. The van der Waals surface area contributed by atoms with E-state index in [0.29, 0.717) is 30.5 Å². The molecule has 30 heavy (non-hydrogen) atoms. The number of piperidine rings is 1. The Bertz CT molecular complexity index is 1230. The summed E-state index contributed by atoms with van der Waals surface area (Å²) < 4.78 is 35.6. The Kier molecular flexibility index (Phi) is 4.59. The van der Waals surface area contributed by atoms with Gasteiger partial charge < -0.3 is 4.74 Å². The van der Waals surface area contributed by atoms with E-state index in [1.165, 1.54) is 11.1 Å². The van der Waals surface area contributed by atoms with Crippen LogP contribution in [0, 0.1) is 13.8 Å². The number of nitrogens with zero attached hydrogens (tertiary/aromatic N) is 4. The average Bonchev–Trinajstić information content (AvgIpc) is 3.28. The van der Waals surface area contributed by atoms with E-state index in [1.807, 2.05) is 11.4 Å². The topological polar surface area (TPSA) is 76.8 Å². The molecule has 2 aromatic heterocycles. The molecule has 1 atom stereocenters. The summed E-state index contributed by atoms with van der Waals surface area (Å²) >= 11 is 0. The first-order valence-corrected chi connectivity index (χ1v) is 11.9. The predicted molar refractivity (Wildman–Crippen MR) is 114 cm³/mol. The van der Waals surface area contributed by atoms with Crippen LogP contribution in [-0.4, -0.2) is 47.0 Å². The Morgan fingerprint density at radius 2 is 1.87 bits per heavy atom. The molecule has 1 fully saturated rings. The lowest BCUT2D eigenvalue weighted by Crippen LogP contribution is -2.38. The SMILES string of the molecule is Cc1nc2cc(C)c(C3CCN(S(=O)(=O)c4ccc5c(c4)C(C)CO5)CC3)cn2n1. The van der Waals surface area contributed by atoms with E-state index in [1.54, 1.807) is 22.5 Å². The lowest BCUT2D eigenvalue weighted by atomic mass is 9.89. The largest absolute Gasteiger partial charge is 0.493 e. The molecule has 5 rings (SSSR count). The van der Waals surface area contributed by atoms with Gasteiger partial charge in [-0.3, -0.25) is 0 Å². The molecule has 1 saturated heterocycles. The van der Waals surface area contributed by atoms with Crippen molar-refractivity contribution in [1.82, 2.24) is 18.9 Å². The number of rotatable bonds is 3. The zero-order valence-corrected chi connectivity index (χ0v) is 18.3. The van der Waals surface area contributed by atoms with E-state index in [4.69, 9.17) is 4.74 Å². The highest BCUT2D eigenvalue weighted by atomic mass is 32.2. The number of aromatic nitrogens is 3. The first kappa shape index (κ1) is 19.5. The highest BCUT2D eigenvalue weighted by molar-refractivity contribution is 7.89. The van der Waals surface area contributed by atoms with E-state index in [-0.39, 0.29) is 5.92 Å². The minimum absolute atomic E-state index is 0.221. The number of benzene rings is 1. The normalized spacial score (nSPS) is 20.4. The smallest absolute Gasteiger partial charge is 0.243 e. The Balaban J connectivity index is 1.36. The molecule has 4 heterocycles. The van der Waals surface area contributed by atoms with Crippen LogP contribution in [0.2, 0.25) is 0 Å². The fourth-order valence-electron chi connectivity index (χ4n) is 4.64. The summed E-state index contributed by atoms with van der Waals surface area (Å²) in [6.45, 7) is 7.68. The van der Waals surface area contributed by atoms with Crippen molar-refractivity contribution in [2.45, 2.75) is 50.3 Å². The fourth-order valence-corrected chi connectivity index (χ4v) is 6.15. The summed E-state index contributed by atoms with van der Waals surface area (Å²) in [5.74, 6) is 2.09. The van der Waals surface area contributed by atoms with Crippen LogP contribution < -0.4 is 4.74 Å². The summed E-state index contributed by atoms with van der Waals surface area (Å²) in [4.78, 5) is 4.79. The second-order valence-corrected chi connectivity index (χ2v) is 10.4. The maximum atomic E-state index is 13.2. The van der Waals surface area contributed by atoms with Gasteiger partial charge in [-0.25, -0.2) is 17.9 Å². The van der Waals surface area contributed by atoms with Crippen molar-refractivity contribution in [1.29, 1.82) is 0 Å². The first-order chi connectivity index (χ1) is 14.3. The zero-order valence-electron chi connectivity index (χ0n) is 17.5. The van der Waals surface area contributed by atoms with E-state index in [9.17, 15) is 8.42 Å². The molecular formula is C22H26N4O3S. The summed E-state index contributed by atoms with van der Waals surface area (Å²) in [5.41, 5.74) is 4.25. The Hall–Kier alpha value is -2.45. The molecule has 3 aromatic rings. The second-order valence-electron chi connectivity index (χ2n) is 8.46. The van der Waals surface area contributed by atoms with Gasteiger partial charge in [0.05, 0.1) is 11.5 Å². The van der Waals surface area contributed by atoms with Gasteiger partial charge in [-0.15, -0.1) is 0 Å². The van der Waals surface area contributed by atoms with Crippen LogP contribution in [0.5, 0.6) is 5.75 Å². The van der Waals surface area contributed by atoms with Crippen LogP contribution in [0.3, 0.4) is 0 Å². The molecule has 7 nitrogen and oxygen atoms in total. The van der Waals surface area contributed by atoms with E-state index >= 15 is 0 Å². The quantitative estimate of drug-likeness (QED) is 0.641. The van der Waals surface area contributed by atoms with Crippen LogP contribution in [0.4, 0.5) is 0 Å². The van der Waals surface area contributed by atoms with Crippen molar-refractivity contribution in [2.24, 2.45) is 0 Å². The number of hydrogen-bond donors (Lipinski definition) is 0. The number of fused-ring (bicyclic) bond motifs is 2. The average molecular weight is 427 g/mol. The van der Waals surface area contributed by atoms with Gasteiger partial charge in [-0.1, -0.05) is 6.92 Å². The third kappa shape index (κ3) is 3.18. The molecule has 2 aliphatic rings. The fraction of sp³-hybridized carbons (Fsp3) is 0.455. The standard InChI is InChI=1S/C22H26N4O3S/c1-14-10-22-23-16(3)24-26(22)12-20(14)17-6-8-25(9-7-17)30(27,28)18-4-5-21-19(11-18)15(2)13-29-21/h4-5,10-12,15,17H,6-9,13H2,1-3H3. The summed E-state index contributed by atoms with van der Waals surface area (Å²) in [5, 5.41) is 4.43. The van der Waals surface area contributed by atoms with Crippen molar-refractivity contribution >= 4 is 15.7 Å². The van der Waals surface area contributed by atoms with Gasteiger partial charge in [0.25, 0.3) is 0 Å². The van der Waals surface area contributed by atoms with Crippen molar-refractivity contribution in [2.75, 3.05) is 19.7 Å². The van der Waals surface area contributed by atoms with Crippen LogP contribution in [0.25, 0.3) is 5.65 Å². The molecule has 1 unspecified atom stereocenters. The van der Waals surface area contributed by atoms with Crippen molar-refractivity contribution < 1.29 is 13.2 Å². The molecule has 158 valence electrons. The highest BCUT2D eigenvalue weighted by Crippen LogP contribution is 2.37. The zero-order chi connectivity index (χ0) is 21.0. The van der Waals surface area contributed by atoms with Gasteiger partial charge in [-0.05, 0) is 68.0 Å². The number of aryl methyl sites for hydroxylation is 2. The number of hydrogen-bond acceptors (Lipinski definition) is 5. The molecule has 0 bridgehead atoms. The molecule has 2 aliphatic heterocycles. The summed E-state index contributed by atoms with van der Waals surface area (Å²) in [7, 11) is -3.50. The lowest BCUT2D eigenvalue weighted by Gasteiger charge is -2.32. The van der Waals surface area contributed by atoms with E-state index < -0.39 is 10.0 Å². The van der Waals surface area contributed by atoms with Crippen LogP contribution >= 0.6 is 0 Å². The van der Waals surface area contributed by atoms with Gasteiger partial charge >= 0.3 is 0 Å². The molecule has 0 radical (unpaired) electrons. The minimum Gasteiger partial charge on any atom is -0.493 e. The number of pyridine rings is 1. The van der Waals surface area contributed by atoms with Crippen LogP contribution in [-0.2, 0) is 10.0 Å². The van der Waals surface area contributed by atoms with E-state index in [2.05, 4.69) is 36.2 Å². The van der Waals surface area contributed by atoms with Crippen molar-refractivity contribution in [3.8, 4) is 5.75 Å². The Morgan fingerprint density at radius 3 is 2.63 bits per heavy atom. The lowest BCUT2D eigenvalue weighted by molar-refractivity contribution is 0.318. The predicted octanol–water partition coefficient (Wildman–Crippen LogP) is 3.41. The number of ether oxygens (including phenoxy) is 1. The summed E-state index contributed by atoms with van der Waals surface area (Å²) in [6.07, 6.45) is 3.65. The van der Waals surface area contributed by atoms with Crippen LogP contribution in [0.1, 0.15) is 54.1 Å². The maximum Gasteiger partial charge on any atom is 0.243 e. The summed E-state index contributed by atoms with van der Waals surface area (Å²) in [6, 6.07) is 7.31. The van der Waals surface area contributed by atoms with Gasteiger partial charge in [0.2, 0.25) is 10.0 Å². The molecular weight excluding hydrogens is 400 g/mol.